The summed E-state index contributed by atoms with van der Waals surface area (Å²) in [6.07, 6.45) is 14.2. The number of aromatic hydroxyl groups is 1. The van der Waals surface area contributed by atoms with E-state index in [1.165, 1.54) is 6.07 Å². The number of pyridine rings is 1. The molecule has 8 rings (SSSR count). The van der Waals surface area contributed by atoms with Gasteiger partial charge >= 0.3 is 6.01 Å². The third-order valence-electron chi connectivity index (χ3n) is 9.81. The molecule has 2 unspecified atom stereocenters. The van der Waals surface area contributed by atoms with E-state index in [2.05, 4.69) is 31.0 Å². The molecule has 0 saturated carbocycles. The molecule has 2 aromatic carbocycles. The minimum Gasteiger partial charge on any atom is -0.508 e. The normalized spacial score (nSPS) is 21.7. The van der Waals surface area contributed by atoms with Gasteiger partial charge in [-0.15, -0.1) is 6.42 Å². The maximum absolute atomic E-state index is 16.7. The number of ether oxygens (including phenoxy) is 1. The minimum absolute atomic E-state index is 0.00796. The van der Waals surface area contributed by atoms with Crippen LogP contribution in [0, 0.1) is 18.2 Å². The summed E-state index contributed by atoms with van der Waals surface area (Å²) in [5.41, 5.74) is 1.28. The number of aromatic nitrogens is 3. The van der Waals surface area contributed by atoms with Crippen LogP contribution in [0.3, 0.4) is 0 Å². The van der Waals surface area contributed by atoms with Gasteiger partial charge < -0.3 is 25.2 Å². The molecule has 6 heterocycles. The Morgan fingerprint density at radius 3 is 2.60 bits per heavy atom. The molecule has 2 atom stereocenters. The highest BCUT2D eigenvalue weighted by Crippen LogP contribution is 2.41. The summed E-state index contributed by atoms with van der Waals surface area (Å²) in [7, 11) is 0. The third kappa shape index (κ3) is 5.18. The van der Waals surface area contributed by atoms with Crippen molar-refractivity contribution >= 4 is 34.0 Å². The monoisotopic (exact) mass is 610 g/mol. The Labute approximate surface area is 260 Å². The summed E-state index contributed by atoms with van der Waals surface area (Å²) in [5.74, 6) is 2.78. The molecule has 2 aromatic heterocycles. The fraction of sp³-hybridized carbons (Fsp3) is 0.412. The topological polar surface area (TPSA) is 124 Å². The van der Waals surface area contributed by atoms with Crippen LogP contribution in [0.5, 0.6) is 11.8 Å². The Kier molecular flexibility index (Phi) is 7.63. The van der Waals surface area contributed by atoms with E-state index in [0.717, 1.165) is 64.7 Å². The number of carbonyl (C=O) groups is 1. The first-order valence-electron chi connectivity index (χ1n) is 15.5. The lowest BCUT2D eigenvalue weighted by Crippen LogP contribution is -2.51. The van der Waals surface area contributed by atoms with Crippen molar-refractivity contribution < 1.29 is 24.1 Å². The first kappa shape index (κ1) is 29.2. The maximum Gasteiger partial charge on any atom is 0.319 e. The Bertz CT molecular complexity index is 1800. The second-order valence-electron chi connectivity index (χ2n) is 12.4. The van der Waals surface area contributed by atoms with Crippen LogP contribution >= 0.6 is 0 Å². The van der Waals surface area contributed by atoms with E-state index in [1.807, 2.05) is 18.2 Å². The van der Waals surface area contributed by atoms with E-state index >= 15 is 4.39 Å². The summed E-state index contributed by atoms with van der Waals surface area (Å²) >= 11 is 0. The summed E-state index contributed by atoms with van der Waals surface area (Å²) in [6, 6.07) is 9.56. The molecule has 11 heteroatoms. The van der Waals surface area contributed by atoms with Crippen molar-refractivity contribution in [3.63, 3.8) is 0 Å². The molecule has 4 saturated heterocycles. The number of phenols is 1. The lowest BCUT2D eigenvalue weighted by molar-refractivity contribution is -0.122. The van der Waals surface area contributed by atoms with E-state index < -0.39 is 5.82 Å². The zero-order chi connectivity index (χ0) is 31.1. The van der Waals surface area contributed by atoms with Crippen LogP contribution in [0.4, 0.5) is 10.2 Å². The molecule has 45 heavy (non-hydrogen) atoms. The van der Waals surface area contributed by atoms with Gasteiger partial charge in [0, 0.05) is 47.9 Å². The summed E-state index contributed by atoms with van der Waals surface area (Å²) in [5, 5.41) is 23.0. The largest absolute Gasteiger partial charge is 0.508 e. The van der Waals surface area contributed by atoms with Crippen LogP contribution < -0.4 is 15.0 Å². The van der Waals surface area contributed by atoms with Gasteiger partial charge in [-0.3, -0.25) is 14.7 Å². The van der Waals surface area contributed by atoms with Gasteiger partial charge in [-0.05, 0) is 75.2 Å². The summed E-state index contributed by atoms with van der Waals surface area (Å²) < 4.78 is 23.1. The van der Waals surface area contributed by atoms with Crippen LogP contribution in [0.2, 0.25) is 0 Å². The smallest absolute Gasteiger partial charge is 0.319 e. The Hall–Kier alpha value is -4.53. The number of halogens is 1. The number of hydrogen-bond donors (Lipinski definition) is 3. The molecule has 0 amide bonds. The van der Waals surface area contributed by atoms with Crippen LogP contribution in [0.15, 0.2) is 36.5 Å². The number of carboxylic acid groups (broad SMARTS) is 1. The number of hydrogen-bond acceptors (Lipinski definition) is 9. The molecule has 2 bridgehead atoms. The molecule has 4 aromatic rings. The van der Waals surface area contributed by atoms with Crippen molar-refractivity contribution in [3.05, 3.63) is 47.9 Å². The fourth-order valence-corrected chi connectivity index (χ4v) is 7.86. The quantitative estimate of drug-likeness (QED) is 0.222. The van der Waals surface area contributed by atoms with E-state index in [1.54, 1.807) is 12.3 Å². The molecular weight excluding hydrogens is 575 g/mol. The highest BCUT2D eigenvalue weighted by Gasteiger charge is 2.45. The average Bonchev–Trinajstić information content (AvgIpc) is 3.73. The van der Waals surface area contributed by atoms with Crippen molar-refractivity contribution in [2.24, 2.45) is 0 Å². The number of benzene rings is 2. The molecular formula is C34H35FN6O4. The number of phenolic OH excluding ortho intramolecular Hbond substituents is 1. The van der Waals surface area contributed by atoms with Crippen molar-refractivity contribution in [3.8, 4) is 35.4 Å². The number of anilines is 1. The van der Waals surface area contributed by atoms with E-state index in [9.17, 15) is 5.11 Å². The van der Waals surface area contributed by atoms with Crippen LogP contribution in [-0.4, -0.2) is 86.9 Å². The summed E-state index contributed by atoms with van der Waals surface area (Å²) in [6.45, 7) is 4.00. The molecule has 0 radical (unpaired) electrons. The van der Waals surface area contributed by atoms with Crippen molar-refractivity contribution in [1.82, 2.24) is 25.2 Å². The van der Waals surface area contributed by atoms with Crippen LogP contribution in [0.1, 0.15) is 44.1 Å². The zero-order valence-electron chi connectivity index (χ0n) is 24.9. The molecule has 10 nitrogen and oxygen atoms in total. The molecule has 4 fully saturated rings. The Balaban J connectivity index is 0.00000104. The number of nitrogens with one attached hydrogen (secondary N) is 1. The van der Waals surface area contributed by atoms with Gasteiger partial charge in [-0.25, -0.2) is 4.39 Å². The van der Waals surface area contributed by atoms with E-state index in [-0.39, 0.29) is 35.0 Å². The van der Waals surface area contributed by atoms with Crippen LogP contribution in [0.25, 0.3) is 32.9 Å². The van der Waals surface area contributed by atoms with Gasteiger partial charge in [0.15, 0.2) is 5.82 Å². The Morgan fingerprint density at radius 2 is 1.89 bits per heavy atom. The number of rotatable bonds is 5. The Morgan fingerprint density at radius 1 is 1.16 bits per heavy atom. The van der Waals surface area contributed by atoms with Crippen LogP contribution in [-0.2, 0) is 4.79 Å². The first-order valence-corrected chi connectivity index (χ1v) is 15.5. The number of nitrogens with zero attached hydrogens (tertiary/aromatic N) is 5. The number of terminal acetylenes is 1. The van der Waals surface area contributed by atoms with Gasteiger partial charge in [0.05, 0.1) is 10.9 Å². The van der Waals surface area contributed by atoms with Crippen molar-refractivity contribution in [2.75, 3.05) is 37.7 Å². The fourth-order valence-electron chi connectivity index (χ4n) is 7.86. The van der Waals surface area contributed by atoms with Gasteiger partial charge in [-0.1, -0.05) is 18.1 Å². The predicted octanol–water partition coefficient (Wildman–Crippen LogP) is 4.32. The van der Waals surface area contributed by atoms with Gasteiger partial charge in [0.2, 0.25) is 0 Å². The molecule has 0 spiro atoms. The lowest BCUT2D eigenvalue weighted by Gasteiger charge is -2.34. The lowest BCUT2D eigenvalue weighted by atomic mass is 9.95. The van der Waals surface area contributed by atoms with Gasteiger partial charge in [0.25, 0.3) is 6.47 Å². The second kappa shape index (κ2) is 11.8. The predicted molar refractivity (Wildman–Crippen MR) is 169 cm³/mol. The van der Waals surface area contributed by atoms with Gasteiger partial charge in [-0.2, -0.15) is 9.97 Å². The zero-order valence-corrected chi connectivity index (χ0v) is 24.9. The SMILES string of the molecule is C#Cc1cccc2cc(O)cc(-c3ncc4c(N5CC6CCC(C5)N6)nc(OCC56CCCN5CCC6)nc4c3F)c12.O=CO. The third-order valence-corrected chi connectivity index (χ3v) is 9.81. The minimum atomic E-state index is -0.584. The van der Waals surface area contributed by atoms with E-state index in [4.69, 9.17) is 26.0 Å². The second-order valence-corrected chi connectivity index (χ2v) is 12.4. The van der Waals surface area contributed by atoms with E-state index in [0.29, 0.717) is 51.8 Å². The molecule has 3 N–H and O–H groups in total. The number of fused-ring (bicyclic) bond motifs is 5. The van der Waals surface area contributed by atoms with Crippen molar-refractivity contribution in [1.29, 1.82) is 0 Å². The molecule has 232 valence electrons. The molecule has 4 aliphatic rings. The highest BCUT2D eigenvalue weighted by atomic mass is 19.1. The number of piperazine rings is 1. The average molecular weight is 611 g/mol. The maximum atomic E-state index is 16.7. The summed E-state index contributed by atoms with van der Waals surface area (Å²) in [4.78, 5) is 27.3. The standard InChI is InChI=1S/C33H33FN6O2.CH2O2/c1-2-20-6-3-7-21-14-24(41)15-25(27(20)21)29-28(34)30-26(16-35-29)31(39-17-22-8-9-23(18-39)36-22)38-32(37-30)42-19-33-10-4-12-40(33)13-5-11-33;2-1-3/h1,3,6-7,14-16,22-23,36,41H,4-5,8-13,17-19H2;1H,(H,2,3). The first-order chi connectivity index (χ1) is 21.9. The molecule has 0 aliphatic carbocycles. The highest BCUT2D eigenvalue weighted by molar-refractivity contribution is 6.02. The molecule has 4 aliphatic heterocycles. The van der Waals surface area contributed by atoms with Crippen molar-refractivity contribution in [2.45, 2.75) is 56.1 Å². The van der Waals surface area contributed by atoms with Gasteiger partial charge in [0.1, 0.15) is 29.4 Å².